The Hall–Kier alpha value is -0.840. The molecule has 0 aliphatic heterocycles. The van der Waals surface area contributed by atoms with Crippen LogP contribution >= 0.6 is 31.9 Å². The molecule has 0 spiro atoms. The smallest absolute Gasteiger partial charge is 0.120 e. The highest BCUT2D eigenvalue weighted by Gasteiger charge is 2.07. The first-order valence-electron chi connectivity index (χ1n) is 6.02. The minimum atomic E-state index is 0.218. The van der Waals surface area contributed by atoms with Crippen LogP contribution in [0, 0.1) is 0 Å². The molecule has 0 aromatic heterocycles. The van der Waals surface area contributed by atoms with Crippen molar-refractivity contribution in [3.63, 3.8) is 0 Å². The molecular formula is C15H15Br2NO. The zero-order chi connectivity index (χ0) is 13.8. The number of benzene rings is 2. The van der Waals surface area contributed by atoms with E-state index in [1.165, 1.54) is 5.56 Å². The molecule has 0 saturated carbocycles. The van der Waals surface area contributed by atoms with Gasteiger partial charge < -0.3 is 10.4 Å². The summed E-state index contributed by atoms with van der Waals surface area (Å²) in [6, 6.07) is 13.9. The van der Waals surface area contributed by atoms with E-state index in [1.54, 1.807) is 6.07 Å². The monoisotopic (exact) mass is 383 g/mol. The SMILES string of the molecule is C[C@@H](NCc1cc(Br)ccc1O)c1cccc(Br)c1. The van der Waals surface area contributed by atoms with Crippen molar-refractivity contribution >= 4 is 31.9 Å². The Morgan fingerprint density at radius 2 is 1.84 bits per heavy atom. The molecule has 2 aromatic rings. The van der Waals surface area contributed by atoms with E-state index < -0.39 is 0 Å². The molecule has 0 aliphatic rings. The molecule has 0 bridgehead atoms. The fraction of sp³-hybridized carbons (Fsp3) is 0.200. The van der Waals surface area contributed by atoms with E-state index in [0.717, 1.165) is 14.5 Å². The van der Waals surface area contributed by atoms with Crippen LogP contribution in [-0.4, -0.2) is 5.11 Å². The summed E-state index contributed by atoms with van der Waals surface area (Å²) in [6.45, 7) is 2.73. The van der Waals surface area contributed by atoms with Crippen LogP contribution in [0.2, 0.25) is 0 Å². The van der Waals surface area contributed by atoms with Gasteiger partial charge in [0.25, 0.3) is 0 Å². The van der Waals surface area contributed by atoms with Gasteiger partial charge in [0.2, 0.25) is 0 Å². The zero-order valence-electron chi connectivity index (χ0n) is 10.5. The Labute approximate surface area is 130 Å². The first kappa shape index (κ1) is 14.6. The third kappa shape index (κ3) is 4.06. The van der Waals surface area contributed by atoms with Crippen LogP contribution in [-0.2, 0) is 6.54 Å². The molecule has 0 aliphatic carbocycles. The Morgan fingerprint density at radius 3 is 2.58 bits per heavy atom. The second-order valence-electron chi connectivity index (χ2n) is 4.43. The highest BCUT2D eigenvalue weighted by atomic mass is 79.9. The van der Waals surface area contributed by atoms with E-state index in [9.17, 15) is 5.11 Å². The maximum Gasteiger partial charge on any atom is 0.120 e. The van der Waals surface area contributed by atoms with Crippen molar-refractivity contribution in [3.05, 3.63) is 62.5 Å². The van der Waals surface area contributed by atoms with Gasteiger partial charge in [-0.25, -0.2) is 0 Å². The number of hydrogen-bond acceptors (Lipinski definition) is 2. The normalized spacial score (nSPS) is 12.4. The summed E-state index contributed by atoms with van der Waals surface area (Å²) in [5, 5.41) is 13.2. The molecular weight excluding hydrogens is 370 g/mol. The largest absolute Gasteiger partial charge is 0.508 e. The molecule has 0 fully saturated rings. The van der Waals surface area contributed by atoms with Crippen molar-refractivity contribution in [3.8, 4) is 5.75 Å². The topological polar surface area (TPSA) is 32.3 Å². The standard InChI is InChI=1S/C15H15Br2NO/c1-10(11-3-2-4-13(16)7-11)18-9-12-8-14(17)5-6-15(12)19/h2-8,10,18-19H,9H2,1H3/t10-/m1/s1. The van der Waals surface area contributed by atoms with E-state index in [4.69, 9.17) is 0 Å². The Bertz CT molecular complexity index is 572. The van der Waals surface area contributed by atoms with Crippen LogP contribution in [0.5, 0.6) is 5.75 Å². The highest BCUT2D eigenvalue weighted by molar-refractivity contribution is 9.10. The lowest BCUT2D eigenvalue weighted by molar-refractivity contribution is 0.460. The lowest BCUT2D eigenvalue weighted by atomic mass is 10.1. The highest BCUT2D eigenvalue weighted by Crippen LogP contribution is 2.23. The summed E-state index contributed by atoms with van der Waals surface area (Å²) in [4.78, 5) is 0. The number of aromatic hydroxyl groups is 1. The van der Waals surface area contributed by atoms with Crippen molar-refractivity contribution in [1.82, 2.24) is 5.32 Å². The average Bonchev–Trinajstić information content (AvgIpc) is 2.39. The van der Waals surface area contributed by atoms with Crippen molar-refractivity contribution < 1.29 is 5.11 Å². The predicted molar refractivity (Wildman–Crippen MR) is 85.2 cm³/mol. The van der Waals surface area contributed by atoms with Crippen LogP contribution in [0.4, 0.5) is 0 Å². The second kappa shape index (κ2) is 6.55. The summed E-state index contributed by atoms with van der Waals surface area (Å²) in [6.07, 6.45) is 0. The van der Waals surface area contributed by atoms with Gasteiger partial charge in [-0.15, -0.1) is 0 Å². The molecule has 0 radical (unpaired) electrons. The zero-order valence-corrected chi connectivity index (χ0v) is 13.7. The van der Waals surface area contributed by atoms with Gasteiger partial charge >= 0.3 is 0 Å². The fourth-order valence-corrected chi connectivity index (χ4v) is 2.68. The number of phenols is 1. The van der Waals surface area contributed by atoms with Crippen LogP contribution in [0.25, 0.3) is 0 Å². The molecule has 0 unspecified atom stereocenters. The summed E-state index contributed by atoms with van der Waals surface area (Å²) in [7, 11) is 0. The van der Waals surface area contributed by atoms with Crippen molar-refractivity contribution in [1.29, 1.82) is 0 Å². The number of hydrogen-bond donors (Lipinski definition) is 2. The van der Waals surface area contributed by atoms with Crippen LogP contribution < -0.4 is 5.32 Å². The second-order valence-corrected chi connectivity index (χ2v) is 6.26. The lowest BCUT2D eigenvalue weighted by Gasteiger charge is -2.15. The van der Waals surface area contributed by atoms with Crippen molar-refractivity contribution in [2.24, 2.45) is 0 Å². The van der Waals surface area contributed by atoms with Gasteiger partial charge in [0.1, 0.15) is 5.75 Å². The molecule has 100 valence electrons. The fourth-order valence-electron chi connectivity index (χ4n) is 1.85. The number of rotatable bonds is 4. The number of halogens is 2. The lowest BCUT2D eigenvalue weighted by Crippen LogP contribution is -2.18. The van der Waals surface area contributed by atoms with E-state index >= 15 is 0 Å². The van der Waals surface area contributed by atoms with E-state index in [0.29, 0.717) is 12.3 Å². The Morgan fingerprint density at radius 1 is 1.11 bits per heavy atom. The van der Waals surface area contributed by atoms with E-state index in [1.807, 2.05) is 24.3 Å². The average molecular weight is 385 g/mol. The third-order valence-corrected chi connectivity index (χ3v) is 3.98. The van der Waals surface area contributed by atoms with Gasteiger partial charge in [-0.3, -0.25) is 0 Å². The maximum atomic E-state index is 9.79. The van der Waals surface area contributed by atoms with Gasteiger partial charge in [0, 0.05) is 27.1 Å². The minimum Gasteiger partial charge on any atom is -0.508 e. The molecule has 0 saturated heterocycles. The first-order valence-corrected chi connectivity index (χ1v) is 7.61. The van der Waals surface area contributed by atoms with Gasteiger partial charge in [0.15, 0.2) is 0 Å². The third-order valence-electron chi connectivity index (χ3n) is 2.99. The van der Waals surface area contributed by atoms with Crippen molar-refractivity contribution in [2.45, 2.75) is 19.5 Å². The van der Waals surface area contributed by atoms with Gasteiger partial charge in [0.05, 0.1) is 0 Å². The molecule has 1 atom stereocenters. The molecule has 4 heteroatoms. The Balaban J connectivity index is 2.04. The molecule has 2 N–H and O–H groups in total. The van der Waals surface area contributed by atoms with Crippen LogP contribution in [0.15, 0.2) is 51.4 Å². The maximum absolute atomic E-state index is 9.79. The van der Waals surface area contributed by atoms with Gasteiger partial charge in [-0.05, 0) is 42.8 Å². The quantitative estimate of drug-likeness (QED) is 0.795. The van der Waals surface area contributed by atoms with Gasteiger partial charge in [-0.1, -0.05) is 44.0 Å². The number of nitrogens with one attached hydrogen (secondary N) is 1. The molecule has 0 amide bonds. The molecule has 2 aromatic carbocycles. The van der Waals surface area contributed by atoms with Crippen molar-refractivity contribution in [2.75, 3.05) is 0 Å². The number of phenolic OH excluding ortho intramolecular Hbond substituents is 1. The predicted octanol–water partition coefficient (Wildman–Crippen LogP) is 4.77. The first-order chi connectivity index (χ1) is 9.06. The minimum absolute atomic E-state index is 0.218. The van der Waals surface area contributed by atoms with E-state index in [-0.39, 0.29) is 6.04 Å². The molecule has 0 heterocycles. The summed E-state index contributed by atoms with van der Waals surface area (Å²) >= 11 is 6.89. The van der Waals surface area contributed by atoms with Crippen LogP contribution in [0.3, 0.4) is 0 Å². The molecule has 2 rings (SSSR count). The summed E-state index contributed by atoms with van der Waals surface area (Å²) in [5.41, 5.74) is 2.10. The van der Waals surface area contributed by atoms with E-state index in [2.05, 4.69) is 56.2 Å². The molecule has 2 nitrogen and oxygen atoms in total. The van der Waals surface area contributed by atoms with Gasteiger partial charge in [-0.2, -0.15) is 0 Å². The summed E-state index contributed by atoms with van der Waals surface area (Å²) in [5.74, 6) is 0.317. The summed E-state index contributed by atoms with van der Waals surface area (Å²) < 4.78 is 2.04. The van der Waals surface area contributed by atoms with Crippen LogP contribution in [0.1, 0.15) is 24.1 Å². The molecule has 19 heavy (non-hydrogen) atoms. The Kier molecular flexibility index (Phi) is 5.02.